The van der Waals surface area contributed by atoms with Crippen LogP contribution in [-0.4, -0.2) is 17.0 Å². The van der Waals surface area contributed by atoms with Crippen LogP contribution < -0.4 is 4.90 Å². The van der Waals surface area contributed by atoms with Crippen LogP contribution in [0.1, 0.15) is 28.6 Å². The van der Waals surface area contributed by atoms with Crippen LogP contribution in [0.15, 0.2) is 60.8 Å². The van der Waals surface area contributed by atoms with Gasteiger partial charge in [-0.3, -0.25) is 4.98 Å². The Bertz CT molecular complexity index is 1160. The van der Waals surface area contributed by atoms with Crippen LogP contribution in [-0.2, 0) is 6.42 Å². The lowest BCUT2D eigenvalue weighted by Gasteiger charge is -2.30. The summed E-state index contributed by atoms with van der Waals surface area (Å²) < 4.78 is 13.5. The molecule has 6 heteroatoms. The predicted molar refractivity (Wildman–Crippen MR) is 126 cm³/mol. The predicted octanol–water partition coefficient (Wildman–Crippen LogP) is 6.81. The van der Waals surface area contributed by atoms with Crippen LogP contribution in [0.5, 0.6) is 0 Å². The molecule has 0 spiro atoms. The fourth-order valence-electron chi connectivity index (χ4n) is 3.80. The summed E-state index contributed by atoms with van der Waals surface area (Å²) in [7, 11) is 2.01. The Hall–Kier alpha value is -2.56. The topological polar surface area (TPSA) is 31.9 Å². The number of aromatic nitrogens is 2. The molecule has 0 radical (unpaired) electrons. The van der Waals surface area contributed by atoms with E-state index in [0.29, 0.717) is 6.42 Å². The Balaban J connectivity index is 0.00000256. The highest BCUT2D eigenvalue weighted by atomic mass is 35.5. The van der Waals surface area contributed by atoms with Gasteiger partial charge in [-0.1, -0.05) is 29.8 Å². The number of fused-ring (bicyclic) bond motifs is 1. The van der Waals surface area contributed by atoms with Gasteiger partial charge >= 0.3 is 0 Å². The quantitative estimate of drug-likeness (QED) is 0.367. The van der Waals surface area contributed by atoms with E-state index in [-0.39, 0.29) is 24.3 Å². The summed E-state index contributed by atoms with van der Waals surface area (Å²) in [5.74, 6) is -0.249. The summed E-state index contributed by atoms with van der Waals surface area (Å²) in [6, 6.07) is 16.4. The highest BCUT2D eigenvalue weighted by molar-refractivity contribution is 6.31. The van der Waals surface area contributed by atoms with Crippen LogP contribution in [0.25, 0.3) is 10.9 Å². The first-order valence-electron chi connectivity index (χ1n) is 9.61. The maximum Gasteiger partial charge on any atom is 0.123 e. The van der Waals surface area contributed by atoms with Crippen LogP contribution >= 0.6 is 24.0 Å². The first kappa shape index (κ1) is 22.1. The Morgan fingerprint density at radius 3 is 2.47 bits per heavy atom. The van der Waals surface area contributed by atoms with Gasteiger partial charge in [-0.05, 0) is 61.4 Å². The van der Waals surface area contributed by atoms with E-state index in [2.05, 4.69) is 23.7 Å². The van der Waals surface area contributed by atoms with E-state index in [1.807, 2.05) is 43.6 Å². The van der Waals surface area contributed by atoms with E-state index in [4.69, 9.17) is 16.6 Å². The van der Waals surface area contributed by atoms with Gasteiger partial charge in [0.05, 0.1) is 17.3 Å². The minimum atomic E-state index is -0.249. The van der Waals surface area contributed by atoms with Gasteiger partial charge in [0.2, 0.25) is 0 Å². The summed E-state index contributed by atoms with van der Waals surface area (Å²) in [4.78, 5) is 10.4. The van der Waals surface area contributed by atoms with Crippen molar-refractivity contribution in [1.82, 2.24) is 9.97 Å². The molecule has 4 rings (SSSR count). The van der Waals surface area contributed by atoms with E-state index in [1.54, 1.807) is 12.1 Å². The zero-order chi connectivity index (χ0) is 20.5. The van der Waals surface area contributed by atoms with E-state index in [1.165, 1.54) is 23.1 Å². The third-order valence-corrected chi connectivity index (χ3v) is 6.02. The molecule has 1 N–H and O–H groups in total. The number of rotatable bonds is 5. The van der Waals surface area contributed by atoms with Gasteiger partial charge in [0.1, 0.15) is 5.82 Å². The van der Waals surface area contributed by atoms with Crippen molar-refractivity contribution in [3.05, 3.63) is 94.1 Å². The second-order valence-corrected chi connectivity index (χ2v) is 7.80. The van der Waals surface area contributed by atoms with Crippen molar-refractivity contribution in [3.8, 4) is 0 Å². The lowest BCUT2D eigenvalue weighted by Crippen LogP contribution is -2.27. The number of halogens is 3. The number of aryl methyl sites for hydroxylation is 2. The molecule has 1 atom stereocenters. The van der Waals surface area contributed by atoms with Crippen molar-refractivity contribution in [3.63, 3.8) is 0 Å². The molecule has 0 saturated heterocycles. The van der Waals surface area contributed by atoms with Crippen LogP contribution in [0.4, 0.5) is 10.1 Å². The molecule has 4 aromatic rings. The van der Waals surface area contributed by atoms with Crippen molar-refractivity contribution in [1.29, 1.82) is 0 Å². The number of likely N-dealkylation sites (N-methyl/N-ethyl adjacent to an activating group) is 1. The molecule has 0 saturated carbocycles. The molecular formula is C24H24Cl2FN3. The van der Waals surface area contributed by atoms with Gasteiger partial charge in [0, 0.05) is 41.5 Å². The van der Waals surface area contributed by atoms with Gasteiger partial charge in [-0.25, -0.2) is 4.39 Å². The fraction of sp³-hybridized carbons (Fsp3) is 0.208. The number of nitrogens with zero attached hydrogens (tertiary/aromatic N) is 2. The number of pyridine rings is 1. The minimum absolute atomic E-state index is 0. The molecule has 2 heterocycles. The lowest BCUT2D eigenvalue weighted by molar-refractivity contribution is 0.624. The normalized spacial score (nSPS) is 11.9. The van der Waals surface area contributed by atoms with Gasteiger partial charge in [0.25, 0.3) is 0 Å². The van der Waals surface area contributed by atoms with Gasteiger partial charge < -0.3 is 9.88 Å². The van der Waals surface area contributed by atoms with E-state index < -0.39 is 0 Å². The summed E-state index contributed by atoms with van der Waals surface area (Å²) in [6.07, 6.45) is 2.53. The standard InChI is InChI=1S/C24H23ClFN3.ClH/c1-15-16(2)28-23-20(15)12-13-27-24(23)22(14-17-6-4-5-7-21(17)25)29(3)19-10-8-18(26)9-11-19;/h4-13,22,28H,14H2,1-3H3;1H. The van der Waals surface area contributed by atoms with Crippen molar-refractivity contribution < 1.29 is 4.39 Å². The average molecular weight is 444 g/mol. The summed E-state index contributed by atoms with van der Waals surface area (Å²) in [6.45, 7) is 4.19. The Labute approximate surface area is 187 Å². The number of hydrogen-bond donors (Lipinski definition) is 1. The van der Waals surface area contributed by atoms with E-state index in [0.717, 1.165) is 33.2 Å². The average Bonchev–Trinajstić information content (AvgIpc) is 3.02. The van der Waals surface area contributed by atoms with Crippen LogP contribution in [0, 0.1) is 19.7 Å². The van der Waals surface area contributed by atoms with Crippen molar-refractivity contribution in [2.24, 2.45) is 0 Å². The molecule has 0 aliphatic rings. The van der Waals surface area contributed by atoms with Crippen molar-refractivity contribution >= 4 is 40.6 Å². The monoisotopic (exact) mass is 443 g/mol. The highest BCUT2D eigenvalue weighted by Gasteiger charge is 2.24. The van der Waals surface area contributed by atoms with Crippen LogP contribution in [0.3, 0.4) is 0 Å². The SMILES string of the molecule is Cc1[nH]c2c(C(Cc3ccccc3Cl)N(C)c3ccc(F)cc3)nccc2c1C.Cl. The lowest BCUT2D eigenvalue weighted by atomic mass is 9.99. The Morgan fingerprint density at radius 2 is 1.77 bits per heavy atom. The third-order valence-electron chi connectivity index (χ3n) is 5.65. The highest BCUT2D eigenvalue weighted by Crippen LogP contribution is 2.34. The molecule has 0 amide bonds. The zero-order valence-electron chi connectivity index (χ0n) is 17.1. The molecule has 0 fully saturated rings. The van der Waals surface area contributed by atoms with Crippen LogP contribution in [0.2, 0.25) is 5.02 Å². The number of nitrogens with one attached hydrogen (secondary N) is 1. The molecule has 0 bridgehead atoms. The van der Waals surface area contributed by atoms with E-state index >= 15 is 0 Å². The third kappa shape index (κ3) is 4.16. The van der Waals surface area contributed by atoms with Crippen molar-refractivity contribution in [2.45, 2.75) is 26.3 Å². The number of benzene rings is 2. The molecule has 0 aliphatic heterocycles. The maximum absolute atomic E-state index is 13.5. The molecule has 30 heavy (non-hydrogen) atoms. The largest absolute Gasteiger partial charge is 0.366 e. The minimum Gasteiger partial charge on any atom is -0.366 e. The molecule has 3 nitrogen and oxygen atoms in total. The number of hydrogen-bond acceptors (Lipinski definition) is 2. The second kappa shape index (κ2) is 9.07. The number of H-pyrrole nitrogens is 1. The molecule has 0 aliphatic carbocycles. The number of aromatic amines is 1. The summed E-state index contributed by atoms with van der Waals surface area (Å²) in [5.41, 5.74) is 6.31. The molecule has 1 unspecified atom stereocenters. The van der Waals surface area contributed by atoms with Gasteiger partial charge in [-0.2, -0.15) is 0 Å². The van der Waals surface area contributed by atoms with Gasteiger partial charge in [0.15, 0.2) is 0 Å². The molecular weight excluding hydrogens is 420 g/mol. The molecule has 156 valence electrons. The Morgan fingerprint density at radius 1 is 1.07 bits per heavy atom. The summed E-state index contributed by atoms with van der Waals surface area (Å²) in [5, 5.41) is 1.90. The maximum atomic E-state index is 13.5. The van der Waals surface area contributed by atoms with E-state index in [9.17, 15) is 4.39 Å². The number of anilines is 1. The smallest absolute Gasteiger partial charge is 0.123 e. The fourth-order valence-corrected chi connectivity index (χ4v) is 4.02. The molecule has 2 aromatic carbocycles. The Kier molecular flexibility index (Phi) is 6.69. The van der Waals surface area contributed by atoms with Gasteiger partial charge in [-0.15, -0.1) is 12.4 Å². The first-order valence-corrected chi connectivity index (χ1v) is 9.99. The van der Waals surface area contributed by atoms with Crippen molar-refractivity contribution in [2.75, 3.05) is 11.9 Å². The molecule has 2 aromatic heterocycles. The zero-order valence-corrected chi connectivity index (χ0v) is 18.7. The first-order chi connectivity index (χ1) is 14.0. The summed E-state index contributed by atoms with van der Waals surface area (Å²) >= 11 is 6.48. The second-order valence-electron chi connectivity index (χ2n) is 7.39.